The number of rotatable bonds is 7. The summed E-state index contributed by atoms with van der Waals surface area (Å²) >= 11 is 1.83. The molecule has 3 nitrogen and oxygen atoms in total. The third kappa shape index (κ3) is 5.39. The van der Waals surface area contributed by atoms with Gasteiger partial charge in [-0.1, -0.05) is 17.3 Å². The highest BCUT2D eigenvalue weighted by molar-refractivity contribution is 7.99. The third-order valence-corrected chi connectivity index (χ3v) is 3.43. The lowest BCUT2D eigenvalue weighted by molar-refractivity contribution is 0.212. The van der Waals surface area contributed by atoms with E-state index in [1.54, 1.807) is 6.21 Å². The molecule has 0 aliphatic carbocycles. The number of ether oxygens (including phenoxy) is 1. The molecule has 0 heterocycles. The van der Waals surface area contributed by atoms with E-state index in [4.69, 9.17) is 4.74 Å². The van der Waals surface area contributed by atoms with Crippen LogP contribution in [0.5, 0.6) is 5.75 Å². The molecule has 1 aromatic carbocycles. The lowest BCUT2D eigenvalue weighted by atomic mass is 10.1. The Kier molecular flexibility index (Phi) is 7.11. The molecule has 0 aliphatic heterocycles. The van der Waals surface area contributed by atoms with E-state index < -0.39 is 0 Å². The van der Waals surface area contributed by atoms with Crippen molar-refractivity contribution in [2.24, 2.45) is 5.16 Å². The first-order valence-electron chi connectivity index (χ1n) is 6.22. The summed E-state index contributed by atoms with van der Waals surface area (Å²) in [6.07, 6.45) is 5.83. The zero-order valence-corrected chi connectivity index (χ0v) is 12.8. The van der Waals surface area contributed by atoms with Crippen LogP contribution in [0.2, 0.25) is 0 Å². The van der Waals surface area contributed by atoms with Crippen LogP contribution >= 0.6 is 11.8 Å². The minimum Gasteiger partial charge on any atom is -0.487 e. The van der Waals surface area contributed by atoms with Gasteiger partial charge >= 0.3 is 0 Å². The molecule has 0 bridgehead atoms. The van der Waals surface area contributed by atoms with Gasteiger partial charge in [0.05, 0.1) is 6.21 Å². The molecule has 4 heteroatoms. The zero-order chi connectivity index (χ0) is 14.1. The standard InChI is InChI=1S/C15H21NO2S/c1-5-6-9-19-14-10-12(2)15(13(3)11-14)18-8-7-16-17-4/h5-7,10-11H,8-9H2,1-4H3/b6-5+,16-7+. The Labute approximate surface area is 119 Å². The monoisotopic (exact) mass is 279 g/mol. The van der Waals surface area contributed by atoms with Crippen LogP contribution in [0.15, 0.2) is 34.3 Å². The number of nitrogens with zero attached hydrogens (tertiary/aromatic N) is 1. The van der Waals surface area contributed by atoms with Crippen LogP contribution in [-0.2, 0) is 4.84 Å². The Bertz CT molecular complexity index is 432. The largest absolute Gasteiger partial charge is 0.487 e. The molecule has 0 atom stereocenters. The minimum absolute atomic E-state index is 0.417. The Morgan fingerprint density at radius 2 is 1.95 bits per heavy atom. The van der Waals surface area contributed by atoms with E-state index in [1.807, 2.05) is 18.7 Å². The fourth-order valence-electron chi connectivity index (χ4n) is 1.69. The number of aryl methyl sites for hydroxylation is 2. The average molecular weight is 279 g/mol. The van der Waals surface area contributed by atoms with Crippen molar-refractivity contribution >= 4 is 18.0 Å². The Morgan fingerprint density at radius 1 is 1.26 bits per heavy atom. The van der Waals surface area contributed by atoms with Gasteiger partial charge in [-0.15, -0.1) is 11.8 Å². The fourth-order valence-corrected chi connectivity index (χ4v) is 2.69. The maximum atomic E-state index is 5.70. The van der Waals surface area contributed by atoms with Crippen LogP contribution in [0, 0.1) is 13.8 Å². The lowest BCUT2D eigenvalue weighted by Crippen LogP contribution is -2.02. The minimum atomic E-state index is 0.417. The number of benzene rings is 1. The normalized spacial score (nSPS) is 11.4. The lowest BCUT2D eigenvalue weighted by Gasteiger charge is -2.12. The van der Waals surface area contributed by atoms with Gasteiger partial charge in [-0.2, -0.15) is 0 Å². The molecule has 0 amide bonds. The first kappa shape index (κ1) is 15.6. The molecule has 0 unspecified atom stereocenters. The predicted molar refractivity (Wildman–Crippen MR) is 82.5 cm³/mol. The highest BCUT2D eigenvalue weighted by Gasteiger charge is 2.06. The van der Waals surface area contributed by atoms with Gasteiger partial charge in [0.2, 0.25) is 0 Å². The summed E-state index contributed by atoms with van der Waals surface area (Å²) in [4.78, 5) is 5.86. The van der Waals surface area contributed by atoms with Crippen molar-refractivity contribution in [1.29, 1.82) is 0 Å². The van der Waals surface area contributed by atoms with Crippen LogP contribution < -0.4 is 4.74 Å². The van der Waals surface area contributed by atoms with Gasteiger partial charge in [0.25, 0.3) is 0 Å². The summed E-state index contributed by atoms with van der Waals surface area (Å²) < 4.78 is 5.70. The van der Waals surface area contributed by atoms with Crippen LogP contribution in [0.25, 0.3) is 0 Å². The van der Waals surface area contributed by atoms with Crippen LogP contribution in [0.3, 0.4) is 0 Å². The molecule has 19 heavy (non-hydrogen) atoms. The maximum absolute atomic E-state index is 5.70. The second-order valence-electron chi connectivity index (χ2n) is 4.05. The first-order chi connectivity index (χ1) is 9.19. The van der Waals surface area contributed by atoms with Gasteiger partial charge in [-0.05, 0) is 44.0 Å². The summed E-state index contributed by atoms with van der Waals surface area (Å²) in [5.41, 5.74) is 2.29. The molecule has 0 aliphatic rings. The number of oxime groups is 1. The van der Waals surface area contributed by atoms with Crippen molar-refractivity contribution in [2.45, 2.75) is 25.7 Å². The van der Waals surface area contributed by atoms with Gasteiger partial charge in [0.1, 0.15) is 19.5 Å². The van der Waals surface area contributed by atoms with Gasteiger partial charge in [-0.25, -0.2) is 0 Å². The molecule has 0 spiro atoms. The first-order valence-corrected chi connectivity index (χ1v) is 7.20. The number of thioether (sulfide) groups is 1. The van der Waals surface area contributed by atoms with Crippen LogP contribution in [0.4, 0.5) is 0 Å². The van der Waals surface area contributed by atoms with E-state index in [1.165, 1.54) is 12.0 Å². The van der Waals surface area contributed by atoms with E-state index >= 15 is 0 Å². The quantitative estimate of drug-likeness (QED) is 0.327. The highest BCUT2D eigenvalue weighted by Crippen LogP contribution is 2.29. The number of hydrogen-bond donors (Lipinski definition) is 0. The molecule has 0 fully saturated rings. The van der Waals surface area contributed by atoms with E-state index in [-0.39, 0.29) is 0 Å². The van der Waals surface area contributed by atoms with E-state index in [0.717, 1.165) is 22.6 Å². The molecule has 1 rings (SSSR count). The molecule has 1 aromatic rings. The molecular formula is C15H21NO2S. The van der Waals surface area contributed by atoms with E-state index in [0.29, 0.717) is 6.61 Å². The molecular weight excluding hydrogens is 258 g/mol. The van der Waals surface area contributed by atoms with Crippen LogP contribution in [-0.4, -0.2) is 25.7 Å². The summed E-state index contributed by atoms with van der Waals surface area (Å²) in [7, 11) is 1.52. The summed E-state index contributed by atoms with van der Waals surface area (Å²) in [6, 6.07) is 4.31. The van der Waals surface area contributed by atoms with Gasteiger partial charge < -0.3 is 9.57 Å². The molecule has 0 aromatic heterocycles. The van der Waals surface area contributed by atoms with Gasteiger partial charge in [0.15, 0.2) is 0 Å². The molecule has 0 saturated heterocycles. The Balaban J connectivity index is 2.70. The van der Waals surface area contributed by atoms with Gasteiger partial charge in [0, 0.05) is 10.6 Å². The molecule has 0 radical (unpaired) electrons. The Morgan fingerprint density at radius 3 is 2.53 bits per heavy atom. The maximum Gasteiger partial charge on any atom is 0.127 e. The summed E-state index contributed by atoms with van der Waals surface area (Å²) in [6.45, 7) is 6.58. The molecule has 0 N–H and O–H groups in total. The zero-order valence-electron chi connectivity index (χ0n) is 12.0. The van der Waals surface area contributed by atoms with Crippen molar-refractivity contribution in [2.75, 3.05) is 19.5 Å². The van der Waals surface area contributed by atoms with Crippen molar-refractivity contribution in [1.82, 2.24) is 0 Å². The van der Waals surface area contributed by atoms with Gasteiger partial charge in [-0.3, -0.25) is 0 Å². The smallest absolute Gasteiger partial charge is 0.127 e. The topological polar surface area (TPSA) is 30.8 Å². The SMILES string of the molecule is C/C=C/CSc1cc(C)c(OC/C=N/OC)c(C)c1. The van der Waals surface area contributed by atoms with E-state index in [2.05, 4.69) is 48.1 Å². The van der Waals surface area contributed by atoms with Crippen molar-refractivity contribution in [3.8, 4) is 5.75 Å². The molecule has 0 saturated carbocycles. The van der Waals surface area contributed by atoms with Crippen molar-refractivity contribution < 1.29 is 9.57 Å². The molecule has 104 valence electrons. The Hall–Kier alpha value is -1.42. The summed E-state index contributed by atoms with van der Waals surface area (Å²) in [5.74, 6) is 1.92. The van der Waals surface area contributed by atoms with Crippen LogP contribution in [0.1, 0.15) is 18.1 Å². The third-order valence-electron chi connectivity index (χ3n) is 2.50. The highest BCUT2D eigenvalue weighted by atomic mass is 32.2. The average Bonchev–Trinajstić information content (AvgIpc) is 2.37. The predicted octanol–water partition coefficient (Wildman–Crippen LogP) is 3.98. The van der Waals surface area contributed by atoms with E-state index in [9.17, 15) is 0 Å². The second-order valence-corrected chi connectivity index (χ2v) is 5.14. The number of allylic oxidation sites excluding steroid dienone is 1. The second kappa shape index (κ2) is 8.64. The van der Waals surface area contributed by atoms with Crippen molar-refractivity contribution in [3.05, 3.63) is 35.4 Å². The summed E-state index contributed by atoms with van der Waals surface area (Å²) in [5, 5.41) is 3.65. The number of hydrogen-bond acceptors (Lipinski definition) is 4. The fraction of sp³-hybridized carbons (Fsp3) is 0.400. The van der Waals surface area contributed by atoms with Crippen molar-refractivity contribution in [3.63, 3.8) is 0 Å².